The lowest BCUT2D eigenvalue weighted by molar-refractivity contribution is -0.147. The first-order valence-corrected chi connectivity index (χ1v) is 12.1. The van der Waals surface area contributed by atoms with Gasteiger partial charge in [-0.05, 0) is 55.7 Å². The number of fused-ring (bicyclic) bond motifs is 2. The van der Waals surface area contributed by atoms with Crippen LogP contribution >= 0.6 is 11.3 Å². The Kier molecular flexibility index (Phi) is 7.13. The molecular weight excluding hydrogens is 440 g/mol. The summed E-state index contributed by atoms with van der Waals surface area (Å²) in [5, 5.41) is 4.32. The number of aryl methyl sites for hydroxylation is 1. The van der Waals surface area contributed by atoms with Crippen molar-refractivity contribution in [2.75, 3.05) is 18.5 Å². The van der Waals surface area contributed by atoms with E-state index in [2.05, 4.69) is 17.2 Å². The van der Waals surface area contributed by atoms with Crippen LogP contribution in [0.5, 0.6) is 0 Å². The molecule has 0 saturated carbocycles. The highest BCUT2D eigenvalue weighted by atomic mass is 32.1. The number of anilines is 1. The molecule has 2 aromatic heterocycles. The largest absolute Gasteiger partial charge is 0.462 e. The number of ether oxygens (including phenoxy) is 2. The molecule has 4 rings (SSSR count). The van der Waals surface area contributed by atoms with Crippen molar-refractivity contribution in [1.82, 2.24) is 4.98 Å². The van der Waals surface area contributed by atoms with Gasteiger partial charge in [-0.1, -0.05) is 25.1 Å². The lowest BCUT2D eigenvalue weighted by Gasteiger charge is -2.18. The van der Waals surface area contributed by atoms with Gasteiger partial charge in [-0.2, -0.15) is 0 Å². The topological polar surface area (TPSA) is 97.5 Å². The van der Waals surface area contributed by atoms with E-state index in [1.54, 1.807) is 6.92 Å². The van der Waals surface area contributed by atoms with Gasteiger partial charge < -0.3 is 19.8 Å². The van der Waals surface area contributed by atoms with Gasteiger partial charge in [-0.3, -0.25) is 9.59 Å². The highest BCUT2D eigenvalue weighted by Crippen LogP contribution is 2.40. The van der Waals surface area contributed by atoms with Crippen LogP contribution in [0.4, 0.5) is 5.00 Å². The number of hydrogen-bond donors (Lipinski definition) is 2. The van der Waals surface area contributed by atoms with Gasteiger partial charge in [0.1, 0.15) is 5.00 Å². The van der Waals surface area contributed by atoms with Gasteiger partial charge in [0, 0.05) is 28.4 Å². The second-order valence-corrected chi connectivity index (χ2v) is 9.45. The molecule has 174 valence electrons. The maximum Gasteiger partial charge on any atom is 0.341 e. The molecule has 0 spiro atoms. The molecule has 2 heterocycles. The SMILES string of the molecule is CCOC(=O)c1c(NC(=O)COC(=O)CCc2c[nH]c3ccccc23)sc2c1CCC(C)C2. The van der Waals surface area contributed by atoms with Crippen molar-refractivity contribution < 1.29 is 23.9 Å². The Hall–Kier alpha value is -3.13. The molecule has 2 N–H and O–H groups in total. The number of rotatable bonds is 8. The minimum absolute atomic E-state index is 0.175. The molecular formula is C25H28N2O5S. The maximum absolute atomic E-state index is 12.6. The molecule has 0 saturated heterocycles. The van der Waals surface area contributed by atoms with Crippen LogP contribution in [0.2, 0.25) is 0 Å². The van der Waals surface area contributed by atoms with E-state index in [-0.39, 0.29) is 13.0 Å². The van der Waals surface area contributed by atoms with Crippen LogP contribution in [0.25, 0.3) is 10.9 Å². The third kappa shape index (κ3) is 5.27. The standard InChI is InChI=1S/C25H28N2O5S/c1-3-31-25(30)23-18-10-8-15(2)12-20(18)33-24(23)27-21(28)14-32-22(29)11-9-16-13-26-19-7-5-4-6-17(16)19/h4-7,13,15,26H,3,8-12,14H2,1-2H3,(H,27,28). The molecule has 33 heavy (non-hydrogen) atoms. The third-order valence-corrected chi connectivity index (χ3v) is 7.05. The van der Waals surface area contributed by atoms with E-state index in [9.17, 15) is 14.4 Å². The van der Waals surface area contributed by atoms with E-state index in [0.717, 1.165) is 46.2 Å². The third-order valence-electron chi connectivity index (χ3n) is 5.88. The first kappa shape index (κ1) is 23.0. The van der Waals surface area contributed by atoms with Crippen LogP contribution in [-0.2, 0) is 38.3 Å². The summed E-state index contributed by atoms with van der Waals surface area (Å²) in [6.07, 6.45) is 5.26. The molecule has 1 aromatic carbocycles. The number of esters is 2. The summed E-state index contributed by atoms with van der Waals surface area (Å²) in [6.45, 7) is 3.81. The van der Waals surface area contributed by atoms with E-state index < -0.39 is 24.5 Å². The number of amides is 1. The molecule has 1 aliphatic rings. The van der Waals surface area contributed by atoms with Crippen LogP contribution in [0.1, 0.15) is 53.1 Å². The van der Waals surface area contributed by atoms with Gasteiger partial charge in [-0.25, -0.2) is 4.79 Å². The molecule has 8 heteroatoms. The number of benzene rings is 1. The maximum atomic E-state index is 12.6. The second kappa shape index (κ2) is 10.2. The predicted octanol–water partition coefficient (Wildman–Crippen LogP) is 4.65. The van der Waals surface area contributed by atoms with Crippen molar-refractivity contribution in [1.29, 1.82) is 0 Å². The molecule has 1 unspecified atom stereocenters. The summed E-state index contributed by atoms with van der Waals surface area (Å²) >= 11 is 1.42. The Morgan fingerprint density at radius 2 is 2.03 bits per heavy atom. The Labute approximate surface area is 196 Å². The summed E-state index contributed by atoms with van der Waals surface area (Å²) in [4.78, 5) is 41.6. The Balaban J connectivity index is 1.34. The molecule has 1 aliphatic carbocycles. The van der Waals surface area contributed by atoms with E-state index in [4.69, 9.17) is 9.47 Å². The molecule has 7 nitrogen and oxygen atoms in total. The van der Waals surface area contributed by atoms with E-state index >= 15 is 0 Å². The Bertz CT molecular complexity index is 1180. The molecule has 1 atom stereocenters. The number of aromatic nitrogens is 1. The number of carbonyl (C=O) groups is 3. The molecule has 0 fully saturated rings. The summed E-state index contributed by atoms with van der Waals surface area (Å²) in [6, 6.07) is 7.89. The van der Waals surface area contributed by atoms with Crippen molar-refractivity contribution in [2.24, 2.45) is 5.92 Å². The van der Waals surface area contributed by atoms with Crippen LogP contribution in [0.15, 0.2) is 30.5 Å². The highest BCUT2D eigenvalue weighted by molar-refractivity contribution is 7.17. The number of carbonyl (C=O) groups excluding carboxylic acids is 3. The zero-order chi connectivity index (χ0) is 23.4. The fourth-order valence-electron chi connectivity index (χ4n) is 4.21. The number of nitrogens with one attached hydrogen (secondary N) is 2. The second-order valence-electron chi connectivity index (χ2n) is 8.34. The fraction of sp³-hybridized carbons (Fsp3) is 0.400. The fourth-order valence-corrected chi connectivity index (χ4v) is 5.63. The summed E-state index contributed by atoms with van der Waals surface area (Å²) in [5.41, 5.74) is 3.47. The molecule has 0 bridgehead atoms. The van der Waals surface area contributed by atoms with Gasteiger partial charge in [0.2, 0.25) is 0 Å². The number of hydrogen-bond acceptors (Lipinski definition) is 6. The predicted molar refractivity (Wildman–Crippen MR) is 128 cm³/mol. The van der Waals surface area contributed by atoms with E-state index in [1.165, 1.54) is 11.3 Å². The molecule has 3 aromatic rings. The van der Waals surface area contributed by atoms with Crippen molar-refractivity contribution in [3.8, 4) is 0 Å². The zero-order valence-electron chi connectivity index (χ0n) is 18.9. The van der Waals surface area contributed by atoms with Crippen LogP contribution in [0.3, 0.4) is 0 Å². The minimum atomic E-state index is -0.465. The summed E-state index contributed by atoms with van der Waals surface area (Å²) in [7, 11) is 0. The molecule has 1 amide bonds. The summed E-state index contributed by atoms with van der Waals surface area (Å²) < 4.78 is 10.4. The highest BCUT2D eigenvalue weighted by Gasteiger charge is 2.29. The Morgan fingerprint density at radius 1 is 1.21 bits per heavy atom. The van der Waals surface area contributed by atoms with Crippen molar-refractivity contribution in [2.45, 2.75) is 46.0 Å². The smallest absolute Gasteiger partial charge is 0.341 e. The quantitative estimate of drug-likeness (QED) is 0.469. The van der Waals surface area contributed by atoms with Gasteiger partial charge in [0.05, 0.1) is 12.2 Å². The van der Waals surface area contributed by atoms with Crippen molar-refractivity contribution >= 4 is 45.1 Å². The number of para-hydroxylation sites is 1. The van der Waals surface area contributed by atoms with Crippen LogP contribution in [0, 0.1) is 5.92 Å². The number of aromatic amines is 1. The first-order valence-electron chi connectivity index (χ1n) is 11.3. The first-order chi connectivity index (χ1) is 16.0. The lowest BCUT2D eigenvalue weighted by atomic mass is 9.88. The zero-order valence-corrected chi connectivity index (χ0v) is 19.7. The molecule has 0 aliphatic heterocycles. The molecule has 0 radical (unpaired) electrons. The van der Waals surface area contributed by atoms with Gasteiger partial charge >= 0.3 is 11.9 Å². The average molecular weight is 469 g/mol. The van der Waals surface area contributed by atoms with Crippen LogP contribution < -0.4 is 5.32 Å². The number of thiophene rings is 1. The Morgan fingerprint density at radius 3 is 2.85 bits per heavy atom. The normalized spacial score (nSPS) is 15.2. The van der Waals surface area contributed by atoms with E-state index in [0.29, 0.717) is 22.9 Å². The van der Waals surface area contributed by atoms with Crippen molar-refractivity contribution in [3.05, 3.63) is 52.0 Å². The van der Waals surface area contributed by atoms with Gasteiger partial charge in [0.15, 0.2) is 6.61 Å². The minimum Gasteiger partial charge on any atom is -0.462 e. The van der Waals surface area contributed by atoms with Crippen LogP contribution in [-0.4, -0.2) is 36.0 Å². The monoisotopic (exact) mass is 468 g/mol. The van der Waals surface area contributed by atoms with Crippen molar-refractivity contribution in [3.63, 3.8) is 0 Å². The lowest BCUT2D eigenvalue weighted by Crippen LogP contribution is -2.22. The average Bonchev–Trinajstić information content (AvgIpc) is 3.37. The van der Waals surface area contributed by atoms with Gasteiger partial charge in [0.25, 0.3) is 5.91 Å². The summed E-state index contributed by atoms with van der Waals surface area (Å²) in [5.74, 6) is -0.795. The number of H-pyrrole nitrogens is 1. The van der Waals surface area contributed by atoms with E-state index in [1.807, 2.05) is 30.5 Å². The van der Waals surface area contributed by atoms with Gasteiger partial charge in [-0.15, -0.1) is 11.3 Å².